The van der Waals surface area contributed by atoms with Gasteiger partial charge in [0.05, 0.1) is 12.0 Å². The number of carbonyl (C=O) groups is 3. The second-order valence-corrected chi connectivity index (χ2v) is 16.2. The molecule has 6 nitrogen and oxygen atoms in total. The van der Waals surface area contributed by atoms with Gasteiger partial charge >= 0.3 is 11.9 Å². The number of benzene rings is 2. The molecule has 2 atom stereocenters. The molecule has 0 aliphatic rings. The summed E-state index contributed by atoms with van der Waals surface area (Å²) in [6.45, 7) is 17.1. The SMILES string of the molecule is CCOC(=O)C(=O)C(OC(=O)C(C)(C)C)C(O[Si](C)(C)C(C)(C)C)c1ccc(-c2ccccc2)cc1. The largest absolute Gasteiger partial charge is 0.460 e. The third-order valence-electron chi connectivity index (χ3n) is 6.43. The van der Waals surface area contributed by atoms with Crippen LogP contribution in [0.25, 0.3) is 11.1 Å². The van der Waals surface area contributed by atoms with E-state index in [1.54, 1.807) is 27.7 Å². The maximum Gasteiger partial charge on any atom is 0.378 e. The van der Waals surface area contributed by atoms with E-state index in [9.17, 15) is 14.4 Å². The van der Waals surface area contributed by atoms with Crippen LogP contribution in [0.15, 0.2) is 54.6 Å². The van der Waals surface area contributed by atoms with Gasteiger partial charge in [-0.25, -0.2) is 4.79 Å². The Morgan fingerprint density at radius 2 is 1.36 bits per heavy atom. The van der Waals surface area contributed by atoms with Crippen molar-refractivity contribution in [1.82, 2.24) is 0 Å². The highest BCUT2D eigenvalue weighted by Crippen LogP contribution is 2.41. The van der Waals surface area contributed by atoms with Gasteiger partial charge in [0.15, 0.2) is 8.32 Å². The molecule has 2 rings (SSSR count). The molecule has 2 aromatic carbocycles. The van der Waals surface area contributed by atoms with Crippen LogP contribution in [-0.4, -0.2) is 38.8 Å². The average Bonchev–Trinajstić information content (AvgIpc) is 2.80. The molecule has 36 heavy (non-hydrogen) atoms. The van der Waals surface area contributed by atoms with Crippen molar-refractivity contribution in [2.75, 3.05) is 6.61 Å². The molecular formula is C29H40O6Si. The Morgan fingerprint density at radius 3 is 1.83 bits per heavy atom. The maximum absolute atomic E-state index is 13.3. The molecule has 7 heteroatoms. The molecule has 0 radical (unpaired) electrons. The fraction of sp³-hybridized carbons (Fsp3) is 0.483. The number of hydrogen-bond donors (Lipinski definition) is 0. The van der Waals surface area contributed by atoms with Crippen molar-refractivity contribution in [3.05, 3.63) is 60.2 Å². The molecule has 0 saturated carbocycles. The minimum atomic E-state index is -2.48. The molecule has 0 saturated heterocycles. The second-order valence-electron chi connectivity index (χ2n) is 11.4. The molecule has 0 heterocycles. The number of Topliss-reactive ketones (excluding diaryl/α,β-unsaturated/α-hetero) is 1. The molecule has 196 valence electrons. The van der Waals surface area contributed by atoms with E-state index in [-0.39, 0.29) is 11.6 Å². The van der Waals surface area contributed by atoms with Crippen molar-refractivity contribution < 1.29 is 28.3 Å². The van der Waals surface area contributed by atoms with Gasteiger partial charge in [0.25, 0.3) is 5.78 Å². The minimum absolute atomic E-state index is 0.0318. The van der Waals surface area contributed by atoms with Gasteiger partial charge in [0.2, 0.25) is 6.10 Å². The maximum atomic E-state index is 13.3. The van der Waals surface area contributed by atoms with Crippen LogP contribution < -0.4 is 0 Å². The highest BCUT2D eigenvalue weighted by Gasteiger charge is 2.46. The second kappa shape index (κ2) is 11.5. The number of ketones is 1. The van der Waals surface area contributed by atoms with Crippen molar-refractivity contribution in [1.29, 1.82) is 0 Å². The molecule has 0 amide bonds. The first kappa shape index (κ1) is 29.5. The summed E-state index contributed by atoms with van der Waals surface area (Å²) in [4.78, 5) is 38.8. The van der Waals surface area contributed by atoms with Gasteiger partial charge in [0.1, 0.15) is 6.10 Å². The number of esters is 2. The smallest absolute Gasteiger partial charge is 0.378 e. The highest BCUT2D eigenvalue weighted by molar-refractivity contribution is 6.74. The Hall–Kier alpha value is -2.77. The Bertz CT molecular complexity index is 1050. The van der Waals surface area contributed by atoms with Gasteiger partial charge in [-0.2, -0.15) is 0 Å². The van der Waals surface area contributed by atoms with Crippen LogP contribution in [0.5, 0.6) is 0 Å². The number of hydrogen-bond acceptors (Lipinski definition) is 6. The first-order chi connectivity index (χ1) is 16.6. The summed E-state index contributed by atoms with van der Waals surface area (Å²) >= 11 is 0. The van der Waals surface area contributed by atoms with E-state index < -0.39 is 43.7 Å². The molecule has 2 aromatic rings. The molecule has 2 unspecified atom stereocenters. The predicted molar refractivity (Wildman–Crippen MR) is 144 cm³/mol. The number of carbonyl (C=O) groups excluding carboxylic acids is 3. The third-order valence-corrected chi connectivity index (χ3v) is 10.9. The van der Waals surface area contributed by atoms with Gasteiger partial charge < -0.3 is 13.9 Å². The van der Waals surface area contributed by atoms with E-state index in [0.29, 0.717) is 5.56 Å². The van der Waals surface area contributed by atoms with E-state index in [0.717, 1.165) is 11.1 Å². The van der Waals surface area contributed by atoms with Crippen LogP contribution in [0, 0.1) is 5.41 Å². The summed E-state index contributed by atoms with van der Waals surface area (Å²) in [5, 5.41) is -0.194. The van der Waals surface area contributed by atoms with Crippen LogP contribution >= 0.6 is 0 Å². The first-order valence-corrected chi connectivity index (χ1v) is 15.2. The van der Waals surface area contributed by atoms with Crippen molar-refractivity contribution >= 4 is 26.0 Å². The standard InChI is InChI=1S/C29H40O6Si/c1-10-33-26(31)23(30)25(34-27(32)28(2,3)4)24(35-36(8,9)29(5,6)7)22-18-16-21(17-19-22)20-14-12-11-13-15-20/h11-19,24-25H,10H2,1-9H3. The summed E-state index contributed by atoms with van der Waals surface area (Å²) in [6.07, 6.45) is -2.45. The van der Waals surface area contributed by atoms with Crippen LogP contribution in [0.2, 0.25) is 18.1 Å². The van der Waals surface area contributed by atoms with E-state index in [2.05, 4.69) is 33.9 Å². The fourth-order valence-electron chi connectivity index (χ4n) is 3.16. The quantitative estimate of drug-likeness (QED) is 0.217. The summed E-state index contributed by atoms with van der Waals surface area (Å²) < 4.78 is 17.4. The first-order valence-electron chi connectivity index (χ1n) is 12.3. The molecular weight excluding hydrogens is 472 g/mol. The number of ether oxygens (including phenoxy) is 2. The molecule has 0 aliphatic heterocycles. The van der Waals surface area contributed by atoms with Gasteiger partial charge in [-0.05, 0) is 62.5 Å². The zero-order valence-corrected chi connectivity index (χ0v) is 24.0. The summed E-state index contributed by atoms with van der Waals surface area (Å²) in [6, 6.07) is 17.5. The normalized spacial score (nSPS) is 14.0. The lowest BCUT2D eigenvalue weighted by Crippen LogP contribution is -2.48. The van der Waals surface area contributed by atoms with E-state index in [4.69, 9.17) is 13.9 Å². The van der Waals surface area contributed by atoms with Crippen LogP contribution in [0.4, 0.5) is 0 Å². The lowest BCUT2D eigenvalue weighted by Gasteiger charge is -2.41. The summed E-state index contributed by atoms with van der Waals surface area (Å²) in [5.41, 5.74) is 1.80. The van der Waals surface area contributed by atoms with E-state index >= 15 is 0 Å². The van der Waals surface area contributed by atoms with Gasteiger partial charge in [-0.15, -0.1) is 0 Å². The number of rotatable bonds is 9. The third kappa shape index (κ3) is 7.37. The topological polar surface area (TPSA) is 78.9 Å². The predicted octanol–water partition coefficient (Wildman–Crippen LogP) is 6.51. The van der Waals surface area contributed by atoms with Crippen LogP contribution in [0.1, 0.15) is 60.1 Å². The highest BCUT2D eigenvalue weighted by atomic mass is 28.4. The Morgan fingerprint density at radius 1 is 0.833 bits per heavy atom. The fourth-order valence-corrected chi connectivity index (χ4v) is 4.41. The van der Waals surface area contributed by atoms with Gasteiger partial charge in [0, 0.05) is 0 Å². The zero-order valence-electron chi connectivity index (χ0n) is 23.0. The lowest BCUT2D eigenvalue weighted by atomic mass is 9.95. The molecule has 0 aliphatic carbocycles. The average molecular weight is 513 g/mol. The van der Waals surface area contributed by atoms with Crippen molar-refractivity contribution in [2.45, 2.75) is 78.8 Å². The van der Waals surface area contributed by atoms with Gasteiger partial charge in [-0.1, -0.05) is 75.4 Å². The van der Waals surface area contributed by atoms with E-state index in [1.807, 2.05) is 54.6 Å². The Balaban J connectivity index is 2.61. The molecule has 0 aromatic heterocycles. The Labute approximate surface area is 216 Å². The van der Waals surface area contributed by atoms with E-state index in [1.165, 1.54) is 0 Å². The minimum Gasteiger partial charge on any atom is -0.460 e. The summed E-state index contributed by atoms with van der Waals surface area (Å²) in [7, 11) is -2.48. The summed E-state index contributed by atoms with van der Waals surface area (Å²) in [5.74, 6) is -2.59. The zero-order chi connectivity index (χ0) is 27.3. The van der Waals surface area contributed by atoms with Crippen molar-refractivity contribution in [3.63, 3.8) is 0 Å². The molecule has 0 fully saturated rings. The van der Waals surface area contributed by atoms with Crippen LogP contribution in [0.3, 0.4) is 0 Å². The Kier molecular flexibility index (Phi) is 9.43. The molecule has 0 spiro atoms. The molecule has 0 N–H and O–H groups in total. The van der Waals surface area contributed by atoms with Crippen LogP contribution in [-0.2, 0) is 28.3 Å². The molecule has 0 bridgehead atoms. The lowest BCUT2D eigenvalue weighted by molar-refractivity contribution is -0.174. The van der Waals surface area contributed by atoms with Crippen molar-refractivity contribution in [2.24, 2.45) is 5.41 Å². The van der Waals surface area contributed by atoms with Crippen molar-refractivity contribution in [3.8, 4) is 11.1 Å². The monoisotopic (exact) mass is 512 g/mol. The van der Waals surface area contributed by atoms with Gasteiger partial charge in [-0.3, -0.25) is 9.59 Å².